The summed E-state index contributed by atoms with van der Waals surface area (Å²) in [5.74, 6) is 1.29. The number of fused-ring (bicyclic) bond motifs is 4. The van der Waals surface area contributed by atoms with Gasteiger partial charge in [0, 0.05) is 48.6 Å². The van der Waals surface area contributed by atoms with E-state index < -0.39 is 0 Å². The molecule has 178 valence electrons. The molecule has 35 heavy (non-hydrogen) atoms. The molecule has 2 atom stereocenters. The molecule has 1 fully saturated rings. The molecule has 5 rings (SSSR count). The molecule has 2 aromatic carbocycles. The number of amides is 1. The first-order valence-corrected chi connectivity index (χ1v) is 11.5. The molecule has 1 N–H and O–H groups in total. The minimum Gasteiger partial charge on any atom is -0.493 e. The summed E-state index contributed by atoms with van der Waals surface area (Å²) in [6.07, 6.45) is 1.04. The molecule has 2 unspecified atom stereocenters. The van der Waals surface area contributed by atoms with Gasteiger partial charge in [-0.05, 0) is 54.8 Å². The molecule has 8 nitrogen and oxygen atoms in total. The highest BCUT2D eigenvalue weighted by molar-refractivity contribution is 6.04. The van der Waals surface area contributed by atoms with Crippen LogP contribution in [0, 0.1) is 17.2 Å². The zero-order valence-electron chi connectivity index (χ0n) is 19.7. The Morgan fingerprint density at radius 1 is 1.03 bits per heavy atom. The number of carbonyl (C=O) groups excluding carboxylic acids is 1. The minimum absolute atomic E-state index is 0.0536. The second-order valence-electron chi connectivity index (χ2n) is 8.97. The van der Waals surface area contributed by atoms with Crippen molar-refractivity contribution in [1.82, 2.24) is 4.57 Å². The molecule has 0 spiro atoms. The van der Waals surface area contributed by atoms with Crippen LogP contribution >= 0.6 is 0 Å². The molecule has 2 aliphatic heterocycles. The molecule has 1 amide bonds. The largest absolute Gasteiger partial charge is 0.493 e. The summed E-state index contributed by atoms with van der Waals surface area (Å²) in [5, 5.41) is 12.8. The van der Waals surface area contributed by atoms with Crippen LogP contribution in [0.25, 0.3) is 0 Å². The van der Waals surface area contributed by atoms with Crippen molar-refractivity contribution >= 4 is 17.3 Å². The van der Waals surface area contributed by atoms with Crippen molar-refractivity contribution in [1.29, 1.82) is 5.26 Å². The number of anilines is 2. The van der Waals surface area contributed by atoms with Gasteiger partial charge >= 0.3 is 0 Å². The fourth-order valence-electron chi connectivity index (χ4n) is 5.25. The van der Waals surface area contributed by atoms with Gasteiger partial charge in [0.1, 0.15) is 6.07 Å². The maximum absolute atomic E-state index is 12.8. The Morgan fingerprint density at radius 3 is 2.63 bits per heavy atom. The molecule has 8 heteroatoms. The Bertz CT molecular complexity index is 1390. The second-order valence-corrected chi connectivity index (χ2v) is 8.97. The quantitative estimate of drug-likeness (QED) is 0.612. The molecule has 1 aromatic heterocycles. The molecule has 3 aromatic rings. The van der Waals surface area contributed by atoms with Gasteiger partial charge in [0.05, 0.1) is 25.5 Å². The zero-order chi connectivity index (χ0) is 24.5. The van der Waals surface area contributed by atoms with E-state index in [0.29, 0.717) is 40.8 Å². The normalized spacial score (nSPS) is 18.3. The molecular weight excluding hydrogens is 444 g/mol. The smallest absolute Gasteiger partial charge is 0.255 e. The Hall–Kier alpha value is -4.25. The van der Waals surface area contributed by atoms with Crippen LogP contribution in [0.15, 0.2) is 59.4 Å². The Labute approximate surface area is 203 Å². The third-order valence-corrected chi connectivity index (χ3v) is 6.84. The highest BCUT2D eigenvalue weighted by Gasteiger charge is 2.35. The van der Waals surface area contributed by atoms with E-state index >= 15 is 0 Å². The molecule has 1 saturated heterocycles. The first kappa shape index (κ1) is 22.5. The van der Waals surface area contributed by atoms with E-state index in [0.717, 1.165) is 30.9 Å². The summed E-state index contributed by atoms with van der Waals surface area (Å²) < 4.78 is 12.4. The monoisotopic (exact) mass is 470 g/mol. The fourth-order valence-corrected chi connectivity index (χ4v) is 5.25. The van der Waals surface area contributed by atoms with Gasteiger partial charge in [0.25, 0.3) is 11.5 Å². The van der Waals surface area contributed by atoms with Gasteiger partial charge in [0.2, 0.25) is 0 Å². The van der Waals surface area contributed by atoms with Crippen molar-refractivity contribution in [2.75, 3.05) is 37.5 Å². The predicted octanol–water partition coefficient (Wildman–Crippen LogP) is 3.61. The first-order valence-electron chi connectivity index (χ1n) is 11.5. The minimum atomic E-state index is -0.308. The summed E-state index contributed by atoms with van der Waals surface area (Å²) in [4.78, 5) is 27.4. The van der Waals surface area contributed by atoms with E-state index in [-0.39, 0.29) is 17.4 Å². The van der Waals surface area contributed by atoms with Gasteiger partial charge in [0.15, 0.2) is 11.5 Å². The molecule has 2 bridgehead atoms. The van der Waals surface area contributed by atoms with Crippen LogP contribution in [0.2, 0.25) is 0 Å². The Balaban J connectivity index is 1.36. The van der Waals surface area contributed by atoms with Gasteiger partial charge in [-0.1, -0.05) is 6.07 Å². The van der Waals surface area contributed by atoms with Crippen LogP contribution in [0.5, 0.6) is 11.5 Å². The van der Waals surface area contributed by atoms with Crippen LogP contribution in [0.3, 0.4) is 0 Å². The van der Waals surface area contributed by atoms with Crippen LogP contribution in [-0.2, 0) is 6.54 Å². The van der Waals surface area contributed by atoms with E-state index in [1.165, 1.54) is 14.2 Å². The van der Waals surface area contributed by atoms with Gasteiger partial charge in [-0.2, -0.15) is 5.26 Å². The summed E-state index contributed by atoms with van der Waals surface area (Å²) in [6, 6.07) is 18.1. The number of hydrogen-bond donors (Lipinski definition) is 1. The average molecular weight is 471 g/mol. The third-order valence-electron chi connectivity index (χ3n) is 6.84. The number of methoxy groups -OCH3 is 2. The van der Waals surface area contributed by atoms with Gasteiger partial charge in [-0.3, -0.25) is 9.59 Å². The van der Waals surface area contributed by atoms with Crippen molar-refractivity contribution in [3.63, 3.8) is 0 Å². The lowest BCUT2D eigenvalue weighted by Crippen LogP contribution is -2.47. The number of piperidine rings is 1. The number of rotatable bonds is 5. The second kappa shape index (κ2) is 9.18. The zero-order valence-corrected chi connectivity index (χ0v) is 19.7. The number of aromatic nitrogens is 1. The van der Waals surface area contributed by atoms with Gasteiger partial charge in [-0.15, -0.1) is 0 Å². The van der Waals surface area contributed by atoms with Crippen LogP contribution in [0.4, 0.5) is 11.4 Å². The fraction of sp³-hybridized carbons (Fsp3) is 0.296. The predicted molar refractivity (Wildman–Crippen MR) is 132 cm³/mol. The molecular formula is C27H26N4O4. The summed E-state index contributed by atoms with van der Waals surface area (Å²) in [7, 11) is 3.06. The van der Waals surface area contributed by atoms with Crippen molar-refractivity contribution in [2.45, 2.75) is 18.9 Å². The SMILES string of the molecule is COc1ccc(C(=O)Nc2ccc(N3CC4CC(C3)c3cccc(=O)n3C4)c(C#N)c2)cc1OC. The van der Waals surface area contributed by atoms with Crippen molar-refractivity contribution < 1.29 is 14.3 Å². The molecule has 3 heterocycles. The van der Waals surface area contributed by atoms with Crippen molar-refractivity contribution in [3.8, 4) is 17.6 Å². The van der Waals surface area contributed by atoms with Crippen molar-refractivity contribution in [2.24, 2.45) is 5.92 Å². The van der Waals surface area contributed by atoms with E-state index in [1.807, 2.05) is 28.8 Å². The lowest BCUT2D eigenvalue weighted by Gasteiger charge is -2.44. The highest BCUT2D eigenvalue weighted by atomic mass is 16.5. The number of ether oxygens (including phenoxy) is 2. The molecule has 2 aliphatic rings. The number of benzene rings is 2. The van der Waals surface area contributed by atoms with Crippen LogP contribution in [0.1, 0.15) is 34.0 Å². The van der Waals surface area contributed by atoms with E-state index in [1.54, 1.807) is 30.3 Å². The lowest BCUT2D eigenvalue weighted by atomic mass is 9.82. The molecule has 0 saturated carbocycles. The van der Waals surface area contributed by atoms with Crippen LogP contribution < -0.4 is 25.2 Å². The van der Waals surface area contributed by atoms with E-state index in [9.17, 15) is 14.9 Å². The van der Waals surface area contributed by atoms with E-state index in [4.69, 9.17) is 9.47 Å². The number of nitriles is 1. The highest BCUT2D eigenvalue weighted by Crippen LogP contribution is 2.38. The summed E-state index contributed by atoms with van der Waals surface area (Å²) in [6.45, 7) is 2.22. The number of pyridine rings is 1. The lowest BCUT2D eigenvalue weighted by molar-refractivity contribution is 0.102. The maximum atomic E-state index is 12.8. The summed E-state index contributed by atoms with van der Waals surface area (Å²) in [5.41, 5.74) is 3.43. The van der Waals surface area contributed by atoms with Gasteiger partial charge < -0.3 is 24.3 Å². The number of hydrogen-bond acceptors (Lipinski definition) is 6. The number of nitrogens with one attached hydrogen (secondary N) is 1. The summed E-state index contributed by atoms with van der Waals surface area (Å²) >= 11 is 0. The van der Waals surface area contributed by atoms with E-state index in [2.05, 4.69) is 16.3 Å². The average Bonchev–Trinajstić information content (AvgIpc) is 2.88. The number of nitrogens with zero attached hydrogens (tertiary/aromatic N) is 3. The van der Waals surface area contributed by atoms with Crippen LogP contribution in [-0.4, -0.2) is 37.8 Å². The molecule has 0 aliphatic carbocycles. The first-order chi connectivity index (χ1) is 17.0. The van der Waals surface area contributed by atoms with Gasteiger partial charge in [-0.25, -0.2) is 0 Å². The standard InChI is InChI=1S/C27H26N4O4/c1-34-24-9-6-18(12-25(24)35-2)27(33)29-21-7-8-22(19(11-21)13-28)30-14-17-10-20(16-30)23-4-3-5-26(32)31(23)15-17/h3-9,11-12,17,20H,10,14-16H2,1-2H3,(H,29,33). The third kappa shape index (κ3) is 4.21. The van der Waals surface area contributed by atoms with Crippen molar-refractivity contribution in [3.05, 3.63) is 81.8 Å². The maximum Gasteiger partial charge on any atom is 0.255 e. The Kier molecular flexibility index (Phi) is 5.91. The molecule has 0 radical (unpaired) electrons. The number of carbonyl (C=O) groups is 1. The topological polar surface area (TPSA) is 96.6 Å². The Morgan fingerprint density at radius 2 is 1.86 bits per heavy atom.